The Kier molecular flexibility index (Phi) is 6.46. The van der Waals surface area contributed by atoms with Crippen molar-refractivity contribution >= 4 is 5.69 Å². The van der Waals surface area contributed by atoms with Crippen LogP contribution in [0, 0.1) is 0 Å². The SMILES string of the molecule is C=CCN(CCCC)c1ccccc1CCC. The van der Waals surface area contributed by atoms with Gasteiger partial charge in [0, 0.05) is 18.8 Å². The molecule has 0 aliphatic rings. The van der Waals surface area contributed by atoms with Crippen LogP contribution in [0.4, 0.5) is 5.69 Å². The van der Waals surface area contributed by atoms with Crippen LogP contribution in [0.25, 0.3) is 0 Å². The monoisotopic (exact) mass is 231 g/mol. The van der Waals surface area contributed by atoms with Crippen LogP contribution in [0.1, 0.15) is 38.7 Å². The summed E-state index contributed by atoms with van der Waals surface area (Å²) in [5.74, 6) is 0. The van der Waals surface area contributed by atoms with Crippen LogP contribution in [0.2, 0.25) is 0 Å². The summed E-state index contributed by atoms with van der Waals surface area (Å²) in [6.45, 7) is 10.4. The van der Waals surface area contributed by atoms with E-state index < -0.39 is 0 Å². The molecule has 0 atom stereocenters. The van der Waals surface area contributed by atoms with Gasteiger partial charge in [0.15, 0.2) is 0 Å². The van der Waals surface area contributed by atoms with Gasteiger partial charge >= 0.3 is 0 Å². The maximum absolute atomic E-state index is 3.87. The van der Waals surface area contributed by atoms with E-state index in [0.29, 0.717) is 0 Å². The van der Waals surface area contributed by atoms with Crippen LogP contribution in [0.3, 0.4) is 0 Å². The molecule has 0 saturated heterocycles. The van der Waals surface area contributed by atoms with Crippen molar-refractivity contribution in [2.45, 2.75) is 39.5 Å². The van der Waals surface area contributed by atoms with Crippen molar-refractivity contribution in [2.24, 2.45) is 0 Å². The molecule has 17 heavy (non-hydrogen) atoms. The lowest BCUT2D eigenvalue weighted by atomic mass is 10.1. The number of unbranched alkanes of at least 4 members (excludes halogenated alkanes) is 1. The molecular weight excluding hydrogens is 206 g/mol. The van der Waals surface area contributed by atoms with Crippen LogP contribution in [0.15, 0.2) is 36.9 Å². The molecule has 1 nitrogen and oxygen atoms in total. The Bertz CT molecular complexity index is 330. The Labute approximate surface area is 106 Å². The minimum Gasteiger partial charge on any atom is -0.368 e. The number of rotatable bonds is 8. The van der Waals surface area contributed by atoms with Gasteiger partial charge in [-0.3, -0.25) is 0 Å². The number of nitrogens with zero attached hydrogens (tertiary/aromatic N) is 1. The molecule has 0 bridgehead atoms. The summed E-state index contributed by atoms with van der Waals surface area (Å²) in [7, 11) is 0. The zero-order chi connectivity index (χ0) is 12.5. The molecule has 1 rings (SSSR count). The molecule has 0 radical (unpaired) electrons. The standard InChI is InChI=1S/C16H25N/c1-4-7-14-17(13-6-3)16-12-9-8-11-15(16)10-5-2/h6,8-9,11-12H,3-5,7,10,13-14H2,1-2H3. The van der Waals surface area contributed by atoms with Crippen molar-refractivity contribution in [3.05, 3.63) is 42.5 Å². The Morgan fingerprint density at radius 1 is 1.18 bits per heavy atom. The Morgan fingerprint density at radius 3 is 2.59 bits per heavy atom. The number of hydrogen-bond acceptors (Lipinski definition) is 1. The average molecular weight is 231 g/mol. The number of anilines is 1. The highest BCUT2D eigenvalue weighted by Gasteiger charge is 2.08. The lowest BCUT2D eigenvalue weighted by molar-refractivity contribution is 0.741. The van der Waals surface area contributed by atoms with Crippen LogP contribution in [-0.4, -0.2) is 13.1 Å². The third kappa shape index (κ3) is 4.26. The summed E-state index contributed by atoms with van der Waals surface area (Å²) in [4.78, 5) is 2.45. The van der Waals surface area contributed by atoms with Gasteiger partial charge in [-0.05, 0) is 24.5 Å². The number of benzene rings is 1. The summed E-state index contributed by atoms with van der Waals surface area (Å²) in [6, 6.07) is 8.77. The van der Waals surface area contributed by atoms with E-state index in [0.717, 1.165) is 19.5 Å². The molecule has 0 heterocycles. The summed E-state index contributed by atoms with van der Waals surface area (Å²) >= 11 is 0. The van der Waals surface area contributed by atoms with E-state index in [9.17, 15) is 0 Å². The number of para-hydroxylation sites is 1. The van der Waals surface area contributed by atoms with Crippen molar-refractivity contribution < 1.29 is 0 Å². The highest BCUT2D eigenvalue weighted by atomic mass is 15.1. The molecule has 0 aromatic heterocycles. The fourth-order valence-corrected chi connectivity index (χ4v) is 2.11. The second-order valence-corrected chi connectivity index (χ2v) is 4.47. The average Bonchev–Trinajstić information content (AvgIpc) is 2.36. The topological polar surface area (TPSA) is 3.24 Å². The predicted molar refractivity (Wildman–Crippen MR) is 77.8 cm³/mol. The molecule has 0 aliphatic carbocycles. The number of hydrogen-bond donors (Lipinski definition) is 0. The van der Waals surface area contributed by atoms with Gasteiger partial charge in [-0.1, -0.05) is 51.0 Å². The number of aryl methyl sites for hydroxylation is 1. The van der Waals surface area contributed by atoms with Crippen LogP contribution in [-0.2, 0) is 6.42 Å². The van der Waals surface area contributed by atoms with Gasteiger partial charge in [0.05, 0.1) is 0 Å². The molecule has 0 N–H and O–H groups in total. The van der Waals surface area contributed by atoms with Crippen LogP contribution in [0.5, 0.6) is 0 Å². The van der Waals surface area contributed by atoms with Gasteiger partial charge in [-0.25, -0.2) is 0 Å². The maximum Gasteiger partial charge on any atom is 0.0401 e. The fourth-order valence-electron chi connectivity index (χ4n) is 2.11. The lowest BCUT2D eigenvalue weighted by Crippen LogP contribution is -2.25. The molecule has 0 fully saturated rings. The summed E-state index contributed by atoms with van der Waals surface area (Å²) in [6.07, 6.45) is 6.85. The van der Waals surface area contributed by atoms with E-state index in [4.69, 9.17) is 0 Å². The zero-order valence-electron chi connectivity index (χ0n) is 11.3. The lowest BCUT2D eigenvalue weighted by Gasteiger charge is -2.25. The Hall–Kier alpha value is -1.24. The highest BCUT2D eigenvalue weighted by molar-refractivity contribution is 5.54. The minimum atomic E-state index is 0.945. The van der Waals surface area contributed by atoms with Gasteiger partial charge in [0.2, 0.25) is 0 Å². The van der Waals surface area contributed by atoms with Crippen LogP contribution < -0.4 is 4.90 Å². The van der Waals surface area contributed by atoms with E-state index in [1.807, 2.05) is 6.08 Å². The third-order valence-corrected chi connectivity index (χ3v) is 2.98. The molecule has 94 valence electrons. The minimum absolute atomic E-state index is 0.945. The molecule has 0 saturated carbocycles. The molecule has 1 aromatic rings. The summed E-state index contributed by atoms with van der Waals surface area (Å²) in [5, 5.41) is 0. The Balaban J connectivity index is 2.86. The molecule has 0 aliphatic heterocycles. The van der Waals surface area contributed by atoms with Crippen molar-refractivity contribution in [3.63, 3.8) is 0 Å². The van der Waals surface area contributed by atoms with Gasteiger partial charge < -0.3 is 4.90 Å². The van der Waals surface area contributed by atoms with Gasteiger partial charge in [0.25, 0.3) is 0 Å². The molecular formula is C16H25N. The summed E-state index contributed by atoms with van der Waals surface area (Å²) in [5.41, 5.74) is 2.86. The normalized spacial score (nSPS) is 10.2. The van der Waals surface area contributed by atoms with Crippen molar-refractivity contribution in [1.82, 2.24) is 0 Å². The van der Waals surface area contributed by atoms with Crippen molar-refractivity contribution in [2.75, 3.05) is 18.0 Å². The van der Waals surface area contributed by atoms with Crippen molar-refractivity contribution in [3.8, 4) is 0 Å². The zero-order valence-corrected chi connectivity index (χ0v) is 11.3. The van der Waals surface area contributed by atoms with E-state index >= 15 is 0 Å². The van der Waals surface area contributed by atoms with Gasteiger partial charge in [-0.2, -0.15) is 0 Å². The first-order valence-electron chi connectivity index (χ1n) is 6.77. The quantitative estimate of drug-likeness (QED) is 0.598. The molecule has 0 amide bonds. The molecule has 0 spiro atoms. The van der Waals surface area contributed by atoms with Crippen molar-refractivity contribution in [1.29, 1.82) is 0 Å². The van der Waals surface area contributed by atoms with E-state index in [-0.39, 0.29) is 0 Å². The van der Waals surface area contributed by atoms with Crippen LogP contribution >= 0.6 is 0 Å². The maximum atomic E-state index is 3.87. The molecule has 0 unspecified atom stereocenters. The second kappa shape index (κ2) is 7.94. The van der Waals surface area contributed by atoms with Gasteiger partial charge in [-0.15, -0.1) is 6.58 Å². The Morgan fingerprint density at radius 2 is 1.94 bits per heavy atom. The first kappa shape index (κ1) is 13.8. The first-order valence-corrected chi connectivity index (χ1v) is 6.77. The largest absolute Gasteiger partial charge is 0.368 e. The smallest absolute Gasteiger partial charge is 0.0401 e. The molecule has 1 heteroatoms. The van der Waals surface area contributed by atoms with Gasteiger partial charge in [0.1, 0.15) is 0 Å². The van der Waals surface area contributed by atoms with E-state index in [1.54, 1.807) is 0 Å². The third-order valence-electron chi connectivity index (χ3n) is 2.98. The van der Waals surface area contributed by atoms with E-state index in [2.05, 4.69) is 49.6 Å². The van der Waals surface area contributed by atoms with E-state index in [1.165, 1.54) is 30.5 Å². The second-order valence-electron chi connectivity index (χ2n) is 4.47. The molecule has 1 aromatic carbocycles. The fraction of sp³-hybridized carbons (Fsp3) is 0.500. The predicted octanol–water partition coefficient (Wildman–Crippen LogP) is 4.43. The highest BCUT2D eigenvalue weighted by Crippen LogP contribution is 2.22. The first-order chi connectivity index (χ1) is 8.33. The summed E-state index contributed by atoms with van der Waals surface area (Å²) < 4.78 is 0.